The normalized spacial score (nSPS) is 9.56. The molecule has 0 atom stereocenters. The molecule has 0 heterocycles. The van der Waals surface area contributed by atoms with Crippen LogP contribution in [0.2, 0.25) is 0 Å². The van der Waals surface area contributed by atoms with Crippen LogP contribution in [-0.2, 0) is 22.4 Å². The number of rotatable bonds is 4. The minimum absolute atomic E-state index is 0.218. The van der Waals surface area contributed by atoms with Crippen LogP contribution in [0, 0.1) is 18.3 Å². The molecule has 1 rings (SSSR count). The van der Waals surface area contributed by atoms with Gasteiger partial charge in [0.1, 0.15) is 0 Å². The lowest BCUT2D eigenvalue weighted by Crippen LogP contribution is -2.04. The van der Waals surface area contributed by atoms with E-state index >= 15 is 0 Å². The molecule has 0 bridgehead atoms. The third kappa shape index (κ3) is 3.39. The summed E-state index contributed by atoms with van der Waals surface area (Å²) >= 11 is 0. The highest BCUT2D eigenvalue weighted by Gasteiger charge is 2.06. The van der Waals surface area contributed by atoms with Crippen molar-refractivity contribution in [1.82, 2.24) is 0 Å². The molecule has 0 fully saturated rings. The highest BCUT2D eigenvalue weighted by molar-refractivity contribution is 5.69. The van der Waals surface area contributed by atoms with Crippen LogP contribution in [0.3, 0.4) is 0 Å². The van der Waals surface area contributed by atoms with E-state index in [2.05, 4.69) is 10.8 Å². The van der Waals surface area contributed by atoms with Crippen molar-refractivity contribution in [2.75, 3.05) is 7.11 Å². The number of ether oxygens (including phenoxy) is 1. The molecule has 1 aromatic carbocycles. The summed E-state index contributed by atoms with van der Waals surface area (Å²) in [6.45, 7) is 2.00. The number of hydrogen-bond acceptors (Lipinski definition) is 3. The highest BCUT2D eigenvalue weighted by Crippen LogP contribution is 2.14. The molecule has 0 aliphatic carbocycles. The molecule has 3 heteroatoms. The average molecular weight is 217 g/mol. The fourth-order valence-corrected chi connectivity index (χ4v) is 1.58. The van der Waals surface area contributed by atoms with E-state index in [-0.39, 0.29) is 5.97 Å². The second-order valence-corrected chi connectivity index (χ2v) is 3.68. The third-order valence-corrected chi connectivity index (χ3v) is 2.46. The van der Waals surface area contributed by atoms with Gasteiger partial charge in [0.2, 0.25) is 0 Å². The molecule has 1 aromatic rings. The summed E-state index contributed by atoms with van der Waals surface area (Å²) < 4.78 is 4.60. The Morgan fingerprint density at radius 1 is 1.44 bits per heavy atom. The van der Waals surface area contributed by atoms with Crippen molar-refractivity contribution in [3.8, 4) is 6.07 Å². The molecule has 0 aliphatic heterocycles. The predicted molar refractivity (Wildman–Crippen MR) is 60.8 cm³/mol. The molecule has 0 amide bonds. The molecule has 0 spiro atoms. The number of nitriles is 1. The maximum absolute atomic E-state index is 11.1. The van der Waals surface area contributed by atoms with E-state index < -0.39 is 0 Å². The second-order valence-electron chi connectivity index (χ2n) is 3.68. The van der Waals surface area contributed by atoms with Crippen LogP contribution < -0.4 is 0 Å². The Balaban J connectivity index is 2.80. The Hall–Kier alpha value is -1.82. The lowest BCUT2D eigenvalue weighted by molar-refractivity contribution is -0.140. The number of esters is 1. The van der Waals surface area contributed by atoms with Gasteiger partial charge >= 0.3 is 5.97 Å². The molecule has 0 saturated carbocycles. The summed E-state index contributed by atoms with van der Waals surface area (Å²) in [4.78, 5) is 11.1. The van der Waals surface area contributed by atoms with Crippen molar-refractivity contribution in [1.29, 1.82) is 5.26 Å². The number of aryl methyl sites for hydroxylation is 2. The van der Waals surface area contributed by atoms with E-state index in [0.29, 0.717) is 19.3 Å². The summed E-state index contributed by atoms with van der Waals surface area (Å²) in [7, 11) is 1.38. The van der Waals surface area contributed by atoms with Gasteiger partial charge in [-0.15, -0.1) is 0 Å². The third-order valence-electron chi connectivity index (χ3n) is 2.46. The topological polar surface area (TPSA) is 50.1 Å². The van der Waals surface area contributed by atoms with Gasteiger partial charge < -0.3 is 4.74 Å². The highest BCUT2D eigenvalue weighted by atomic mass is 16.5. The summed E-state index contributed by atoms with van der Waals surface area (Å²) in [5.41, 5.74) is 3.20. The Kier molecular flexibility index (Phi) is 4.53. The van der Waals surface area contributed by atoms with E-state index in [9.17, 15) is 4.79 Å². The zero-order chi connectivity index (χ0) is 12.0. The monoisotopic (exact) mass is 217 g/mol. The molecule has 0 N–H and O–H groups in total. The Bertz CT molecular complexity index is 418. The number of carbonyl (C=O) groups is 1. The van der Waals surface area contributed by atoms with Crippen LogP contribution in [0.25, 0.3) is 0 Å². The zero-order valence-electron chi connectivity index (χ0n) is 9.62. The fraction of sp³-hybridized carbons (Fsp3) is 0.385. The first-order chi connectivity index (χ1) is 7.67. The van der Waals surface area contributed by atoms with Gasteiger partial charge in [-0.3, -0.25) is 4.79 Å². The molecular weight excluding hydrogens is 202 g/mol. The van der Waals surface area contributed by atoms with Crippen LogP contribution in [-0.4, -0.2) is 13.1 Å². The first kappa shape index (κ1) is 12.3. The number of methoxy groups -OCH3 is 1. The minimum atomic E-state index is -0.218. The van der Waals surface area contributed by atoms with Crippen molar-refractivity contribution in [2.24, 2.45) is 0 Å². The van der Waals surface area contributed by atoms with Crippen LogP contribution in [0.15, 0.2) is 18.2 Å². The van der Waals surface area contributed by atoms with Crippen molar-refractivity contribution in [2.45, 2.75) is 26.2 Å². The molecule has 3 nitrogen and oxygen atoms in total. The summed E-state index contributed by atoms with van der Waals surface area (Å²) in [5.74, 6) is -0.218. The van der Waals surface area contributed by atoms with Crippen LogP contribution >= 0.6 is 0 Å². The van der Waals surface area contributed by atoms with Gasteiger partial charge in [0.05, 0.1) is 19.6 Å². The molecule has 0 saturated heterocycles. The average Bonchev–Trinajstić information content (AvgIpc) is 2.29. The van der Waals surface area contributed by atoms with E-state index in [4.69, 9.17) is 5.26 Å². The standard InChI is InChI=1S/C13H15NO2/c1-10-3-4-11(7-8-14)12(9-10)5-6-13(15)16-2/h3-4,9H,5-7H2,1-2H3. The maximum Gasteiger partial charge on any atom is 0.305 e. The Morgan fingerprint density at radius 2 is 2.19 bits per heavy atom. The number of benzene rings is 1. The van der Waals surface area contributed by atoms with E-state index in [1.807, 2.05) is 25.1 Å². The molecule has 84 valence electrons. The first-order valence-corrected chi connectivity index (χ1v) is 5.19. The minimum Gasteiger partial charge on any atom is -0.469 e. The molecule has 16 heavy (non-hydrogen) atoms. The second kappa shape index (κ2) is 5.92. The molecular formula is C13H15NO2. The van der Waals surface area contributed by atoms with Crippen molar-refractivity contribution in [3.05, 3.63) is 34.9 Å². The molecule has 0 aliphatic rings. The van der Waals surface area contributed by atoms with Crippen molar-refractivity contribution < 1.29 is 9.53 Å². The van der Waals surface area contributed by atoms with Crippen LogP contribution in [0.4, 0.5) is 0 Å². The van der Waals surface area contributed by atoms with E-state index in [1.54, 1.807) is 0 Å². The first-order valence-electron chi connectivity index (χ1n) is 5.19. The maximum atomic E-state index is 11.1. The van der Waals surface area contributed by atoms with Gasteiger partial charge in [-0.05, 0) is 24.5 Å². The summed E-state index contributed by atoms with van der Waals surface area (Å²) in [6.07, 6.45) is 1.38. The van der Waals surface area contributed by atoms with Gasteiger partial charge in [-0.1, -0.05) is 23.8 Å². The predicted octanol–water partition coefficient (Wildman–Crippen LogP) is 2.17. The zero-order valence-corrected chi connectivity index (χ0v) is 9.62. The lowest BCUT2D eigenvalue weighted by atomic mass is 9.98. The molecule has 0 aromatic heterocycles. The van der Waals surface area contributed by atoms with Gasteiger partial charge in [0.25, 0.3) is 0 Å². The molecule has 0 radical (unpaired) electrons. The Labute approximate surface area is 95.7 Å². The van der Waals surface area contributed by atoms with Gasteiger partial charge in [0, 0.05) is 6.42 Å². The molecule has 0 unspecified atom stereocenters. The number of nitrogens with zero attached hydrogens (tertiary/aromatic N) is 1. The van der Waals surface area contributed by atoms with Crippen LogP contribution in [0.1, 0.15) is 23.1 Å². The van der Waals surface area contributed by atoms with Crippen LogP contribution in [0.5, 0.6) is 0 Å². The summed E-state index contributed by atoms with van der Waals surface area (Å²) in [6, 6.07) is 8.08. The van der Waals surface area contributed by atoms with E-state index in [1.165, 1.54) is 7.11 Å². The van der Waals surface area contributed by atoms with Crippen molar-refractivity contribution >= 4 is 5.97 Å². The number of hydrogen-bond donors (Lipinski definition) is 0. The van der Waals surface area contributed by atoms with Gasteiger partial charge in [-0.2, -0.15) is 5.26 Å². The SMILES string of the molecule is COC(=O)CCc1cc(C)ccc1CC#N. The fourth-order valence-electron chi connectivity index (χ4n) is 1.58. The Morgan fingerprint density at radius 3 is 2.81 bits per heavy atom. The van der Waals surface area contributed by atoms with E-state index in [0.717, 1.165) is 16.7 Å². The largest absolute Gasteiger partial charge is 0.469 e. The van der Waals surface area contributed by atoms with Gasteiger partial charge in [0.15, 0.2) is 0 Å². The smallest absolute Gasteiger partial charge is 0.305 e. The summed E-state index contributed by atoms with van der Waals surface area (Å²) in [5, 5.41) is 8.70. The van der Waals surface area contributed by atoms with Gasteiger partial charge in [-0.25, -0.2) is 0 Å². The van der Waals surface area contributed by atoms with Crippen molar-refractivity contribution in [3.63, 3.8) is 0 Å². The quantitative estimate of drug-likeness (QED) is 0.726. The number of carbonyl (C=O) groups excluding carboxylic acids is 1. The lowest BCUT2D eigenvalue weighted by Gasteiger charge is -2.07.